The van der Waals surface area contributed by atoms with Crippen LogP contribution < -0.4 is 4.72 Å². The van der Waals surface area contributed by atoms with Gasteiger partial charge in [-0.3, -0.25) is 0 Å². The van der Waals surface area contributed by atoms with Crippen LogP contribution in [-0.2, 0) is 16.2 Å². The Labute approximate surface area is 154 Å². The molecule has 1 aromatic heterocycles. The first kappa shape index (κ1) is 19.1. The third-order valence-corrected chi connectivity index (χ3v) is 5.61. The van der Waals surface area contributed by atoms with Gasteiger partial charge in [0.1, 0.15) is 0 Å². The van der Waals surface area contributed by atoms with Crippen molar-refractivity contribution >= 4 is 10.0 Å². The van der Waals surface area contributed by atoms with E-state index in [2.05, 4.69) is 9.71 Å². The van der Waals surface area contributed by atoms with Gasteiger partial charge < -0.3 is 4.57 Å². The molecular formula is C18H16F3N3O2S. The molecule has 0 saturated carbocycles. The van der Waals surface area contributed by atoms with Crippen LogP contribution in [0.3, 0.4) is 0 Å². The second kappa shape index (κ2) is 7.16. The monoisotopic (exact) mass is 395 g/mol. The van der Waals surface area contributed by atoms with Crippen LogP contribution in [0, 0.1) is 0 Å². The van der Waals surface area contributed by atoms with E-state index < -0.39 is 32.7 Å². The molecular weight excluding hydrogens is 379 g/mol. The third-order valence-electron chi connectivity index (χ3n) is 4.01. The first-order chi connectivity index (χ1) is 12.7. The molecule has 0 radical (unpaired) electrons. The molecule has 0 saturated heterocycles. The molecule has 0 aliphatic rings. The number of alkyl halides is 3. The molecule has 142 valence electrons. The highest BCUT2D eigenvalue weighted by molar-refractivity contribution is 7.89. The average molecular weight is 395 g/mol. The van der Waals surface area contributed by atoms with Gasteiger partial charge in [-0.15, -0.1) is 0 Å². The Morgan fingerprint density at radius 1 is 1.07 bits per heavy atom. The summed E-state index contributed by atoms with van der Waals surface area (Å²) >= 11 is 0. The summed E-state index contributed by atoms with van der Waals surface area (Å²) in [4.78, 5) is 3.15. The van der Waals surface area contributed by atoms with Crippen LogP contribution in [0.1, 0.15) is 24.1 Å². The summed E-state index contributed by atoms with van der Waals surface area (Å²) in [5.74, 6) is 0. The molecule has 3 aromatic rings. The zero-order chi connectivity index (χ0) is 19.7. The van der Waals surface area contributed by atoms with Gasteiger partial charge in [0.2, 0.25) is 10.0 Å². The van der Waals surface area contributed by atoms with Gasteiger partial charge in [0.15, 0.2) is 0 Å². The number of nitrogens with zero attached hydrogens (tertiary/aromatic N) is 2. The Balaban J connectivity index is 1.84. The molecule has 5 nitrogen and oxygen atoms in total. The molecule has 1 N–H and O–H groups in total. The van der Waals surface area contributed by atoms with Crippen LogP contribution in [0.5, 0.6) is 0 Å². The van der Waals surface area contributed by atoms with E-state index in [4.69, 9.17) is 0 Å². The fourth-order valence-electron chi connectivity index (χ4n) is 2.65. The third kappa shape index (κ3) is 4.20. The minimum atomic E-state index is -4.76. The highest BCUT2D eigenvalue weighted by atomic mass is 32.2. The summed E-state index contributed by atoms with van der Waals surface area (Å²) < 4.78 is 68.5. The molecule has 2 aromatic carbocycles. The second-order valence-electron chi connectivity index (χ2n) is 5.90. The predicted octanol–water partition coefficient (Wildman–Crippen LogP) is 3.93. The van der Waals surface area contributed by atoms with Gasteiger partial charge in [0.25, 0.3) is 0 Å². The summed E-state index contributed by atoms with van der Waals surface area (Å²) in [6.45, 7) is 1.57. The molecule has 0 bridgehead atoms. The van der Waals surface area contributed by atoms with Crippen molar-refractivity contribution in [2.75, 3.05) is 0 Å². The van der Waals surface area contributed by atoms with Crippen LogP contribution in [0.2, 0.25) is 0 Å². The van der Waals surface area contributed by atoms with Crippen molar-refractivity contribution in [1.29, 1.82) is 0 Å². The standard InChI is InChI=1S/C18H16F3N3O2S/c1-13(14-6-8-15(9-7-14)24-11-10-22-12-24)23-27(25,26)17-5-3-2-4-16(17)18(19,20)21/h2-13,23H,1H3/t13-/m0/s1. The maximum absolute atomic E-state index is 13.1. The van der Waals surface area contributed by atoms with Gasteiger partial charge in [-0.2, -0.15) is 13.2 Å². The molecule has 1 atom stereocenters. The van der Waals surface area contributed by atoms with E-state index in [0.717, 1.165) is 23.9 Å². The van der Waals surface area contributed by atoms with E-state index in [9.17, 15) is 21.6 Å². The van der Waals surface area contributed by atoms with Gasteiger partial charge in [0.05, 0.1) is 16.8 Å². The van der Waals surface area contributed by atoms with Crippen molar-refractivity contribution in [3.05, 3.63) is 78.4 Å². The van der Waals surface area contributed by atoms with Crippen LogP contribution in [0.15, 0.2) is 72.1 Å². The van der Waals surface area contributed by atoms with Crippen molar-refractivity contribution in [1.82, 2.24) is 14.3 Å². The molecule has 0 fully saturated rings. The number of sulfonamides is 1. The normalized spacial score (nSPS) is 13.5. The molecule has 0 spiro atoms. The van der Waals surface area contributed by atoms with E-state index >= 15 is 0 Å². The van der Waals surface area contributed by atoms with Crippen LogP contribution in [0.25, 0.3) is 5.69 Å². The van der Waals surface area contributed by atoms with E-state index in [1.807, 2.05) is 0 Å². The van der Waals surface area contributed by atoms with E-state index in [1.54, 1.807) is 54.5 Å². The van der Waals surface area contributed by atoms with Gasteiger partial charge in [-0.25, -0.2) is 18.1 Å². The van der Waals surface area contributed by atoms with Crippen molar-refractivity contribution in [2.24, 2.45) is 0 Å². The lowest BCUT2D eigenvalue weighted by Gasteiger charge is -2.18. The fraction of sp³-hybridized carbons (Fsp3) is 0.167. The zero-order valence-corrected chi connectivity index (χ0v) is 15.0. The van der Waals surface area contributed by atoms with Gasteiger partial charge in [0, 0.05) is 24.1 Å². The number of nitrogens with one attached hydrogen (secondary N) is 1. The van der Waals surface area contributed by atoms with Gasteiger partial charge >= 0.3 is 6.18 Å². The second-order valence-corrected chi connectivity index (χ2v) is 7.58. The largest absolute Gasteiger partial charge is 0.417 e. The Morgan fingerprint density at radius 3 is 2.33 bits per heavy atom. The minimum absolute atomic E-state index is 0.618. The summed E-state index contributed by atoms with van der Waals surface area (Å²) in [5.41, 5.74) is 0.251. The highest BCUT2D eigenvalue weighted by Gasteiger charge is 2.37. The van der Waals surface area contributed by atoms with Crippen molar-refractivity contribution in [3.63, 3.8) is 0 Å². The molecule has 9 heteroatoms. The SMILES string of the molecule is C[C@H](NS(=O)(=O)c1ccccc1C(F)(F)F)c1ccc(-n2ccnc2)cc1. The average Bonchev–Trinajstić information content (AvgIpc) is 3.15. The molecule has 0 unspecified atom stereocenters. The Kier molecular flexibility index (Phi) is 5.07. The number of hydrogen-bond acceptors (Lipinski definition) is 3. The Morgan fingerprint density at radius 2 is 1.74 bits per heavy atom. The van der Waals surface area contributed by atoms with E-state index in [1.165, 1.54) is 6.07 Å². The zero-order valence-electron chi connectivity index (χ0n) is 14.2. The lowest BCUT2D eigenvalue weighted by Crippen LogP contribution is -2.29. The molecule has 3 rings (SSSR count). The van der Waals surface area contributed by atoms with Crippen LogP contribution in [0.4, 0.5) is 13.2 Å². The predicted molar refractivity (Wildman–Crippen MR) is 93.7 cm³/mol. The molecule has 0 amide bonds. The molecule has 1 heterocycles. The van der Waals surface area contributed by atoms with Crippen molar-refractivity contribution in [2.45, 2.75) is 24.0 Å². The van der Waals surface area contributed by atoms with Gasteiger partial charge in [-0.05, 0) is 36.8 Å². The summed E-state index contributed by atoms with van der Waals surface area (Å²) in [6, 6.07) is 10.3. The summed E-state index contributed by atoms with van der Waals surface area (Å²) in [6.07, 6.45) is 0.244. The lowest BCUT2D eigenvalue weighted by molar-refractivity contribution is -0.139. The van der Waals surface area contributed by atoms with Crippen molar-refractivity contribution < 1.29 is 21.6 Å². The number of hydrogen-bond donors (Lipinski definition) is 1. The maximum atomic E-state index is 13.1. The molecule has 0 aliphatic carbocycles. The lowest BCUT2D eigenvalue weighted by atomic mass is 10.1. The summed E-state index contributed by atoms with van der Waals surface area (Å²) in [5, 5.41) is 0. The van der Waals surface area contributed by atoms with Gasteiger partial charge in [-0.1, -0.05) is 24.3 Å². The Bertz CT molecular complexity index is 1010. The smallest absolute Gasteiger partial charge is 0.306 e. The first-order valence-electron chi connectivity index (χ1n) is 7.95. The minimum Gasteiger partial charge on any atom is -0.306 e. The highest BCUT2D eigenvalue weighted by Crippen LogP contribution is 2.34. The number of benzene rings is 2. The van der Waals surface area contributed by atoms with Crippen LogP contribution in [-0.4, -0.2) is 18.0 Å². The molecule has 0 aliphatic heterocycles. The fourth-order valence-corrected chi connectivity index (χ4v) is 4.11. The van der Waals surface area contributed by atoms with E-state index in [0.29, 0.717) is 5.56 Å². The number of halogens is 3. The topological polar surface area (TPSA) is 64.0 Å². The van der Waals surface area contributed by atoms with Crippen LogP contribution >= 0.6 is 0 Å². The Hall–Kier alpha value is -2.65. The number of rotatable bonds is 5. The van der Waals surface area contributed by atoms with Crippen molar-refractivity contribution in [3.8, 4) is 5.69 Å². The quantitative estimate of drug-likeness (QED) is 0.712. The van der Waals surface area contributed by atoms with E-state index in [-0.39, 0.29) is 0 Å². The molecule has 27 heavy (non-hydrogen) atoms. The summed E-state index contributed by atoms with van der Waals surface area (Å²) in [7, 11) is -4.36. The number of imidazole rings is 1. The first-order valence-corrected chi connectivity index (χ1v) is 9.43. The number of aromatic nitrogens is 2. The maximum Gasteiger partial charge on any atom is 0.417 e.